The lowest BCUT2D eigenvalue weighted by Gasteiger charge is -2.30. The van der Waals surface area contributed by atoms with Crippen molar-refractivity contribution in [1.29, 1.82) is 0 Å². The van der Waals surface area contributed by atoms with Crippen LogP contribution in [0.2, 0.25) is 0 Å². The Kier molecular flexibility index (Phi) is 7.77. The normalized spacial score (nSPS) is 29.4. The topological polar surface area (TPSA) is 0 Å². The van der Waals surface area contributed by atoms with E-state index in [0.29, 0.717) is 5.92 Å². The first kappa shape index (κ1) is 19.6. The molecule has 0 atom stereocenters. The molecule has 0 radical (unpaired) electrons. The summed E-state index contributed by atoms with van der Waals surface area (Å²) in [4.78, 5) is 0. The zero-order valence-corrected chi connectivity index (χ0v) is 16.5. The van der Waals surface area contributed by atoms with Crippen LogP contribution in [0.3, 0.4) is 0 Å². The molecule has 2 aliphatic rings. The number of hydrogen-bond acceptors (Lipinski definition) is 0. The van der Waals surface area contributed by atoms with Crippen LogP contribution in [0.15, 0.2) is 36.9 Å². The third kappa shape index (κ3) is 5.96. The zero-order chi connectivity index (χ0) is 18.2. The average molecular weight is 357 g/mol. The van der Waals surface area contributed by atoms with Crippen LogP contribution in [0.5, 0.6) is 0 Å². The summed E-state index contributed by atoms with van der Waals surface area (Å²) in [5, 5.41) is 0. The molecule has 0 amide bonds. The molecule has 0 heterocycles. The van der Waals surface area contributed by atoms with E-state index in [1.807, 2.05) is 12.1 Å². The second-order valence-electron chi connectivity index (χ2n) is 8.96. The molecule has 1 aromatic carbocycles. The van der Waals surface area contributed by atoms with Gasteiger partial charge in [-0.1, -0.05) is 56.7 Å². The van der Waals surface area contributed by atoms with Crippen LogP contribution in [0.4, 0.5) is 4.39 Å². The highest BCUT2D eigenvalue weighted by atomic mass is 19.1. The lowest BCUT2D eigenvalue weighted by Crippen LogP contribution is -2.15. The van der Waals surface area contributed by atoms with E-state index in [1.54, 1.807) is 12.1 Å². The van der Waals surface area contributed by atoms with Crippen molar-refractivity contribution in [1.82, 2.24) is 0 Å². The first-order valence-corrected chi connectivity index (χ1v) is 11.1. The zero-order valence-electron chi connectivity index (χ0n) is 16.5. The maximum atomic E-state index is 13.1. The fourth-order valence-corrected chi connectivity index (χ4v) is 5.38. The summed E-state index contributed by atoms with van der Waals surface area (Å²) >= 11 is 0. The number of unbranched alkanes of at least 4 members (excludes halogenated alkanes) is 1. The van der Waals surface area contributed by atoms with E-state index in [9.17, 15) is 4.39 Å². The molecule has 3 rings (SSSR count). The average Bonchev–Trinajstić information content (AvgIpc) is 2.68. The van der Waals surface area contributed by atoms with Gasteiger partial charge in [0, 0.05) is 0 Å². The van der Waals surface area contributed by atoms with Gasteiger partial charge < -0.3 is 0 Å². The highest BCUT2D eigenvalue weighted by Gasteiger charge is 2.23. The lowest BCUT2D eigenvalue weighted by molar-refractivity contribution is 0.253. The summed E-state index contributed by atoms with van der Waals surface area (Å²) in [6, 6.07) is 7.22. The Bertz CT molecular complexity index is 516. The summed E-state index contributed by atoms with van der Waals surface area (Å²) in [5.74, 6) is 3.43. The number of benzene rings is 1. The molecule has 0 N–H and O–H groups in total. The summed E-state index contributed by atoms with van der Waals surface area (Å²) in [7, 11) is 0. The van der Waals surface area contributed by atoms with Gasteiger partial charge in [-0.3, -0.25) is 0 Å². The molecule has 1 aromatic rings. The second kappa shape index (κ2) is 10.3. The molecular weight excluding hydrogens is 319 g/mol. The van der Waals surface area contributed by atoms with Crippen molar-refractivity contribution in [3.63, 3.8) is 0 Å². The van der Waals surface area contributed by atoms with E-state index >= 15 is 0 Å². The molecule has 0 nitrogen and oxygen atoms in total. The standard InChI is InChI=1S/C25H37F/c1-2-5-20-8-10-21(11-9-20)6-3-4-7-22-12-14-23(15-13-22)24-16-18-25(26)19-17-24/h2,16-23H,1,3-15H2/t20-,21-,22?,23?. The van der Waals surface area contributed by atoms with Crippen molar-refractivity contribution in [2.45, 2.75) is 89.4 Å². The van der Waals surface area contributed by atoms with Crippen LogP contribution >= 0.6 is 0 Å². The Balaban J connectivity index is 1.26. The molecule has 0 saturated heterocycles. The maximum Gasteiger partial charge on any atom is 0.123 e. The molecule has 0 aromatic heterocycles. The molecule has 26 heavy (non-hydrogen) atoms. The van der Waals surface area contributed by atoms with Crippen LogP contribution in [0, 0.1) is 23.6 Å². The Morgan fingerprint density at radius 2 is 1.27 bits per heavy atom. The quantitative estimate of drug-likeness (QED) is 0.326. The summed E-state index contributed by atoms with van der Waals surface area (Å²) in [5.41, 5.74) is 1.34. The third-order valence-electron chi connectivity index (χ3n) is 7.13. The molecule has 2 saturated carbocycles. The largest absolute Gasteiger partial charge is 0.207 e. The maximum absolute atomic E-state index is 13.1. The molecule has 0 spiro atoms. The lowest BCUT2D eigenvalue weighted by atomic mass is 9.76. The molecule has 0 aliphatic heterocycles. The van der Waals surface area contributed by atoms with Crippen LogP contribution in [0.25, 0.3) is 0 Å². The highest BCUT2D eigenvalue weighted by Crippen LogP contribution is 2.38. The SMILES string of the molecule is C=CC[C@H]1CC[C@H](CCCCC2CCC(c3ccc(F)cc3)CC2)CC1. The van der Waals surface area contributed by atoms with E-state index in [1.165, 1.54) is 89.0 Å². The molecule has 2 aliphatic carbocycles. The molecule has 0 unspecified atom stereocenters. The summed E-state index contributed by atoms with van der Waals surface area (Å²) in [6.45, 7) is 3.89. The van der Waals surface area contributed by atoms with Gasteiger partial charge in [0.2, 0.25) is 0 Å². The van der Waals surface area contributed by atoms with Crippen molar-refractivity contribution in [3.8, 4) is 0 Å². The molecule has 1 heteroatoms. The predicted octanol–water partition coefficient (Wildman–Crippen LogP) is 8.04. The Labute approximate surface area is 160 Å². The highest BCUT2D eigenvalue weighted by molar-refractivity contribution is 5.20. The van der Waals surface area contributed by atoms with Crippen molar-refractivity contribution in [2.24, 2.45) is 17.8 Å². The third-order valence-corrected chi connectivity index (χ3v) is 7.13. The smallest absolute Gasteiger partial charge is 0.123 e. The summed E-state index contributed by atoms with van der Waals surface area (Å²) in [6.07, 6.45) is 20.2. The predicted molar refractivity (Wildman–Crippen MR) is 110 cm³/mol. The number of hydrogen-bond donors (Lipinski definition) is 0. The molecule has 0 bridgehead atoms. The first-order chi connectivity index (χ1) is 12.7. The number of halogens is 1. The van der Waals surface area contributed by atoms with Crippen LogP contribution in [-0.2, 0) is 0 Å². The molecule has 144 valence electrons. The van der Waals surface area contributed by atoms with Gasteiger partial charge in [0.25, 0.3) is 0 Å². The van der Waals surface area contributed by atoms with Gasteiger partial charge in [-0.15, -0.1) is 6.58 Å². The van der Waals surface area contributed by atoms with E-state index < -0.39 is 0 Å². The van der Waals surface area contributed by atoms with Crippen molar-refractivity contribution >= 4 is 0 Å². The van der Waals surface area contributed by atoms with Gasteiger partial charge in [0.1, 0.15) is 5.82 Å². The fraction of sp³-hybridized carbons (Fsp3) is 0.680. The minimum absolute atomic E-state index is 0.114. The van der Waals surface area contributed by atoms with E-state index in [2.05, 4.69) is 12.7 Å². The number of allylic oxidation sites excluding steroid dienone is 1. The number of rotatable bonds is 8. The minimum Gasteiger partial charge on any atom is -0.207 e. The molecular formula is C25H37F. The van der Waals surface area contributed by atoms with Gasteiger partial charge >= 0.3 is 0 Å². The first-order valence-electron chi connectivity index (χ1n) is 11.1. The monoisotopic (exact) mass is 356 g/mol. The van der Waals surface area contributed by atoms with Gasteiger partial charge in [0.15, 0.2) is 0 Å². The van der Waals surface area contributed by atoms with Crippen molar-refractivity contribution < 1.29 is 4.39 Å². The van der Waals surface area contributed by atoms with E-state index in [-0.39, 0.29) is 5.82 Å². The van der Waals surface area contributed by atoms with Gasteiger partial charge in [-0.2, -0.15) is 0 Å². The van der Waals surface area contributed by atoms with E-state index in [0.717, 1.165) is 17.8 Å². The van der Waals surface area contributed by atoms with Gasteiger partial charge in [0.05, 0.1) is 0 Å². The van der Waals surface area contributed by atoms with Crippen molar-refractivity contribution in [2.75, 3.05) is 0 Å². The van der Waals surface area contributed by atoms with E-state index in [4.69, 9.17) is 0 Å². The Hall–Kier alpha value is -1.11. The summed E-state index contributed by atoms with van der Waals surface area (Å²) < 4.78 is 13.1. The Morgan fingerprint density at radius 1 is 0.769 bits per heavy atom. The molecule has 2 fully saturated rings. The van der Waals surface area contributed by atoms with Crippen LogP contribution in [0.1, 0.15) is 95.0 Å². The van der Waals surface area contributed by atoms with Crippen LogP contribution in [-0.4, -0.2) is 0 Å². The Morgan fingerprint density at radius 3 is 1.81 bits per heavy atom. The van der Waals surface area contributed by atoms with Crippen LogP contribution < -0.4 is 0 Å². The second-order valence-corrected chi connectivity index (χ2v) is 8.96. The fourth-order valence-electron chi connectivity index (χ4n) is 5.38. The van der Waals surface area contributed by atoms with Gasteiger partial charge in [-0.25, -0.2) is 4.39 Å². The van der Waals surface area contributed by atoms with Crippen molar-refractivity contribution in [3.05, 3.63) is 48.3 Å². The minimum atomic E-state index is -0.114. The van der Waals surface area contributed by atoms with Gasteiger partial charge in [-0.05, 0) is 86.3 Å².